The minimum absolute atomic E-state index is 0. The van der Waals surface area contributed by atoms with E-state index in [1.54, 1.807) is 0 Å². The van der Waals surface area contributed by atoms with Crippen molar-refractivity contribution >= 4 is 22.7 Å². The first kappa shape index (κ1) is 53.7. The molecule has 0 unspecified atom stereocenters. The first-order valence-electron chi connectivity index (χ1n) is 16.2. The van der Waals surface area contributed by atoms with Gasteiger partial charge in [0.15, 0.2) is 0 Å². The summed E-state index contributed by atoms with van der Waals surface area (Å²) in [7, 11) is 0. The van der Waals surface area contributed by atoms with Crippen molar-refractivity contribution in [2.75, 3.05) is 13.1 Å². The van der Waals surface area contributed by atoms with Gasteiger partial charge < -0.3 is 14.9 Å². The van der Waals surface area contributed by atoms with E-state index in [1.807, 2.05) is 139 Å². The predicted molar refractivity (Wildman–Crippen MR) is 205 cm³/mol. The normalized spacial score (nSPS) is 13.1. The molecule has 0 aliphatic carbocycles. The molecule has 0 saturated heterocycles. The molecule has 4 heterocycles. The van der Waals surface area contributed by atoms with Crippen LogP contribution in [0.25, 0.3) is 0 Å². The third-order valence-electron chi connectivity index (χ3n) is 6.88. The van der Waals surface area contributed by atoms with Gasteiger partial charge in [-0.05, 0) is 58.0 Å². The topological polar surface area (TPSA) is 54.1 Å². The molecule has 8 heteroatoms. The summed E-state index contributed by atoms with van der Waals surface area (Å²) in [6.07, 6.45) is 2.13. The van der Waals surface area contributed by atoms with Crippen LogP contribution in [-0.4, -0.2) is 22.9 Å². The van der Waals surface area contributed by atoms with Gasteiger partial charge in [0.2, 0.25) is 0 Å². The molecule has 2 radical (unpaired) electrons. The summed E-state index contributed by atoms with van der Waals surface area (Å²) in [5.41, 5.74) is 4.97. The first-order chi connectivity index (χ1) is 21.8. The Balaban J connectivity index is -0.000000312. The van der Waals surface area contributed by atoms with Crippen LogP contribution in [0.3, 0.4) is 0 Å². The monoisotopic (exact) mass is 836 g/mol. The third-order valence-corrected chi connectivity index (χ3v) is 8.93. The van der Waals surface area contributed by atoms with Crippen molar-refractivity contribution in [2.45, 2.75) is 93.4 Å². The average molecular weight is 837 g/mol. The van der Waals surface area contributed by atoms with Crippen LogP contribution in [0.15, 0.2) is 83.6 Å². The molecule has 4 aromatic rings. The predicted octanol–water partition coefficient (Wildman–Crippen LogP) is 11.7. The maximum Gasteiger partial charge on any atom is 0.124 e. The van der Waals surface area contributed by atoms with E-state index in [4.69, 9.17) is 0 Å². The zero-order valence-corrected chi connectivity index (χ0v) is 38.5. The van der Waals surface area contributed by atoms with Crippen molar-refractivity contribution in [3.8, 4) is 12.1 Å². The number of benzene rings is 2. The number of rotatable bonds is 4. The summed E-state index contributed by atoms with van der Waals surface area (Å²) in [5.74, 6) is 0. The molecular formula is C40H58N4S2Y2-2. The molecule has 6 rings (SSSR count). The maximum absolute atomic E-state index is 9.44. The summed E-state index contributed by atoms with van der Waals surface area (Å²) in [4.78, 5) is 7.50. The quantitative estimate of drug-likeness (QED) is 0.192. The summed E-state index contributed by atoms with van der Waals surface area (Å²) >= 11 is 3.67. The van der Waals surface area contributed by atoms with E-state index in [1.165, 1.54) is 20.9 Å². The fourth-order valence-electron chi connectivity index (χ4n) is 4.99. The van der Waals surface area contributed by atoms with Gasteiger partial charge in [0.25, 0.3) is 0 Å². The fraction of sp³-hybridized carbons (Fsp3) is 0.400. The molecule has 2 atom stereocenters. The molecule has 2 aromatic carbocycles. The summed E-state index contributed by atoms with van der Waals surface area (Å²) in [6.45, 7) is 19.7. The second-order valence-corrected chi connectivity index (χ2v) is 11.1. The van der Waals surface area contributed by atoms with Crippen molar-refractivity contribution in [2.24, 2.45) is 0 Å². The minimum atomic E-state index is -0.126. The Labute approximate surface area is 353 Å². The van der Waals surface area contributed by atoms with Crippen LogP contribution in [0.4, 0.5) is 0 Å². The second-order valence-electron chi connectivity index (χ2n) is 9.06. The van der Waals surface area contributed by atoms with Gasteiger partial charge in [-0.3, -0.25) is 9.80 Å². The zero-order chi connectivity index (χ0) is 32.7. The summed E-state index contributed by atoms with van der Waals surface area (Å²) in [6, 6.07) is 29.1. The Morgan fingerprint density at radius 1 is 0.542 bits per heavy atom. The van der Waals surface area contributed by atoms with E-state index in [9.17, 15) is 10.5 Å². The number of fused-ring (bicyclic) bond motifs is 2. The molecule has 2 aliphatic heterocycles. The minimum Gasteiger partial charge on any atom is -0.358 e. The Kier molecular flexibility index (Phi) is 37.1. The smallest absolute Gasteiger partial charge is 0.124 e. The number of nitriles is 2. The van der Waals surface area contributed by atoms with Gasteiger partial charge in [-0.25, -0.2) is 0 Å². The van der Waals surface area contributed by atoms with Gasteiger partial charge in [-0.2, -0.15) is 10.5 Å². The van der Waals surface area contributed by atoms with Crippen molar-refractivity contribution in [3.63, 3.8) is 0 Å². The average Bonchev–Trinajstić information content (AvgIpc) is 3.80. The molecular weight excluding hydrogens is 778 g/mol. The first-order valence-corrected chi connectivity index (χ1v) is 18.0. The van der Waals surface area contributed by atoms with Gasteiger partial charge in [0.1, 0.15) is 12.1 Å². The van der Waals surface area contributed by atoms with Gasteiger partial charge in [0.05, 0.1) is 12.1 Å². The van der Waals surface area contributed by atoms with E-state index in [0.29, 0.717) is 0 Å². The number of hydrogen-bond donors (Lipinski definition) is 0. The zero-order valence-electron chi connectivity index (χ0n) is 31.2. The van der Waals surface area contributed by atoms with Crippen LogP contribution in [0.2, 0.25) is 0 Å². The van der Waals surface area contributed by atoms with E-state index in [-0.39, 0.29) is 92.4 Å². The van der Waals surface area contributed by atoms with Gasteiger partial charge in [-0.15, -0.1) is 22.7 Å². The molecule has 0 fully saturated rings. The molecule has 48 heavy (non-hydrogen) atoms. The number of hydrogen-bond acceptors (Lipinski definition) is 6. The molecule has 4 nitrogen and oxygen atoms in total. The number of thiophene rings is 2. The molecule has 0 spiro atoms. The molecule has 0 N–H and O–H groups in total. The van der Waals surface area contributed by atoms with E-state index in [2.05, 4.69) is 44.8 Å². The van der Waals surface area contributed by atoms with Crippen LogP contribution >= 0.6 is 22.7 Å². The van der Waals surface area contributed by atoms with Gasteiger partial charge in [-0.1, -0.05) is 116 Å². The summed E-state index contributed by atoms with van der Waals surface area (Å²) in [5, 5.41) is 23.2. The Morgan fingerprint density at radius 2 is 0.854 bits per heavy atom. The molecule has 2 aromatic heterocycles. The molecule has 2 aliphatic rings. The van der Waals surface area contributed by atoms with Crippen molar-refractivity contribution in [1.29, 1.82) is 10.5 Å². The van der Waals surface area contributed by atoms with Crippen LogP contribution in [0.1, 0.15) is 99.5 Å². The molecule has 0 saturated carbocycles. The SMILES string of the molecule is CC.CC.CC.CC.N#C[C@@H](c1ccccc1)N1CCc2sccc2C1.N#C[C@H](c1ccccc1)N1CCc2sccc2C1.[CH3-].[CH3-].[Y].[Y]. The van der Waals surface area contributed by atoms with E-state index >= 15 is 0 Å². The van der Waals surface area contributed by atoms with Crippen molar-refractivity contribution in [1.82, 2.24) is 9.80 Å². The molecule has 0 bridgehead atoms. The molecule has 258 valence electrons. The van der Waals surface area contributed by atoms with Gasteiger partial charge >= 0.3 is 0 Å². The van der Waals surface area contributed by atoms with Crippen molar-refractivity contribution in [3.05, 3.63) is 130 Å². The standard InChI is InChI=1S/2C15H14N2S.4C2H6.2CH3.2Y/c2*16-10-14(12-4-2-1-3-5-12)17-8-6-15-13(11-17)7-9-18-15;4*1-2;;;;/h2*1-5,7,9,14H,6,8,11H2;4*1-2H3;2*1H3;;/q;;;;;;2*-1;;/t2*14-;;;;;;;;/m10......../s1. The van der Waals surface area contributed by atoms with Crippen LogP contribution in [0.5, 0.6) is 0 Å². The largest absolute Gasteiger partial charge is 0.358 e. The van der Waals surface area contributed by atoms with E-state index in [0.717, 1.165) is 50.1 Å². The van der Waals surface area contributed by atoms with E-state index < -0.39 is 0 Å². The Morgan fingerprint density at radius 3 is 1.15 bits per heavy atom. The Bertz CT molecular complexity index is 1260. The number of nitrogens with zero attached hydrogens (tertiary/aromatic N) is 4. The molecule has 0 amide bonds. The van der Waals surface area contributed by atoms with Crippen LogP contribution in [0, 0.1) is 37.5 Å². The second kappa shape index (κ2) is 33.1. The Hall–Kier alpha value is -1.05. The fourth-order valence-corrected chi connectivity index (χ4v) is 6.77. The maximum atomic E-state index is 9.44. The summed E-state index contributed by atoms with van der Waals surface area (Å²) < 4.78 is 0. The van der Waals surface area contributed by atoms with Crippen LogP contribution < -0.4 is 0 Å². The van der Waals surface area contributed by atoms with Crippen LogP contribution in [-0.2, 0) is 91.3 Å². The van der Waals surface area contributed by atoms with Gasteiger partial charge in [0, 0.05) is 101 Å². The third kappa shape index (κ3) is 16.3. The van der Waals surface area contributed by atoms with Crippen molar-refractivity contribution < 1.29 is 65.4 Å².